The van der Waals surface area contributed by atoms with E-state index in [1.54, 1.807) is 23.8 Å². The van der Waals surface area contributed by atoms with Crippen LogP contribution >= 0.6 is 0 Å². The topological polar surface area (TPSA) is 45.6 Å². The molecule has 1 saturated heterocycles. The normalized spacial score (nSPS) is 20.4. The van der Waals surface area contributed by atoms with E-state index in [2.05, 4.69) is 0 Å². The Morgan fingerprint density at radius 2 is 2.00 bits per heavy atom. The summed E-state index contributed by atoms with van der Waals surface area (Å²) >= 11 is 0. The molecule has 0 radical (unpaired) electrons. The van der Waals surface area contributed by atoms with Crippen LogP contribution in [-0.4, -0.2) is 52.4 Å². The van der Waals surface area contributed by atoms with Crippen molar-refractivity contribution in [1.29, 1.82) is 0 Å². The van der Waals surface area contributed by atoms with Crippen LogP contribution in [0.2, 0.25) is 0 Å². The minimum Gasteiger partial charge on any atom is -0.354 e. The molecule has 1 fully saturated rings. The Bertz CT molecular complexity index is 492. The van der Waals surface area contributed by atoms with Crippen molar-refractivity contribution >= 4 is 11.8 Å². The summed E-state index contributed by atoms with van der Waals surface area (Å²) in [7, 11) is 3.68. The summed E-state index contributed by atoms with van der Waals surface area (Å²) in [6, 6.07) is 1.43. The molecular weight excluding hydrogens is 230 g/mol. The van der Waals surface area contributed by atoms with Gasteiger partial charge < -0.3 is 14.4 Å². The number of carbonyl (C=O) groups excluding carboxylic acids is 2. The number of amides is 2. The smallest absolute Gasteiger partial charge is 0.256 e. The monoisotopic (exact) mass is 249 g/mol. The van der Waals surface area contributed by atoms with Gasteiger partial charge in [0.25, 0.3) is 5.91 Å². The van der Waals surface area contributed by atoms with Crippen molar-refractivity contribution in [3.63, 3.8) is 0 Å². The van der Waals surface area contributed by atoms with Gasteiger partial charge in [0.2, 0.25) is 5.91 Å². The molecule has 2 heterocycles. The van der Waals surface area contributed by atoms with E-state index in [-0.39, 0.29) is 17.9 Å². The first kappa shape index (κ1) is 12.7. The SMILES string of the molecule is Cc1c(C(=O)N2CCN(C)C(=O)[C@H]2C)ccn1C. The number of hydrogen-bond acceptors (Lipinski definition) is 2. The number of likely N-dealkylation sites (N-methyl/N-ethyl adjacent to an activating group) is 1. The number of aromatic nitrogens is 1. The van der Waals surface area contributed by atoms with Crippen LogP contribution in [0.25, 0.3) is 0 Å². The third-order valence-electron chi connectivity index (χ3n) is 3.75. The Kier molecular flexibility index (Phi) is 3.15. The van der Waals surface area contributed by atoms with Crippen LogP contribution in [0.5, 0.6) is 0 Å². The largest absolute Gasteiger partial charge is 0.354 e. The van der Waals surface area contributed by atoms with Gasteiger partial charge in [0.05, 0.1) is 5.56 Å². The van der Waals surface area contributed by atoms with Crippen molar-refractivity contribution in [3.05, 3.63) is 23.5 Å². The highest BCUT2D eigenvalue weighted by Crippen LogP contribution is 2.17. The standard InChI is InChI=1S/C13H19N3O2/c1-9-11(5-6-14(9)3)13(18)16-8-7-15(4)12(17)10(16)2/h5-6,10H,7-8H2,1-4H3/t10-/m1/s1. The highest BCUT2D eigenvalue weighted by atomic mass is 16.2. The van der Waals surface area contributed by atoms with Crippen LogP contribution in [-0.2, 0) is 11.8 Å². The minimum atomic E-state index is -0.379. The zero-order valence-electron chi connectivity index (χ0n) is 11.3. The van der Waals surface area contributed by atoms with Crippen molar-refractivity contribution < 1.29 is 9.59 Å². The number of aryl methyl sites for hydroxylation is 1. The molecule has 0 bridgehead atoms. The van der Waals surface area contributed by atoms with Crippen molar-refractivity contribution in [1.82, 2.24) is 14.4 Å². The molecule has 0 unspecified atom stereocenters. The number of hydrogen-bond donors (Lipinski definition) is 0. The third kappa shape index (κ3) is 1.89. The maximum Gasteiger partial charge on any atom is 0.256 e. The van der Waals surface area contributed by atoms with Crippen molar-refractivity contribution in [2.75, 3.05) is 20.1 Å². The Balaban J connectivity index is 2.24. The molecule has 0 aliphatic carbocycles. The van der Waals surface area contributed by atoms with E-state index in [1.807, 2.05) is 30.8 Å². The first-order valence-electron chi connectivity index (χ1n) is 6.11. The Morgan fingerprint density at radius 1 is 1.33 bits per heavy atom. The van der Waals surface area contributed by atoms with Crippen molar-refractivity contribution in [2.45, 2.75) is 19.9 Å². The molecule has 18 heavy (non-hydrogen) atoms. The average Bonchev–Trinajstić information content (AvgIpc) is 2.67. The number of carbonyl (C=O) groups is 2. The molecule has 0 saturated carbocycles. The number of nitrogens with zero attached hydrogens (tertiary/aromatic N) is 3. The molecule has 5 heteroatoms. The van der Waals surface area contributed by atoms with Crippen molar-refractivity contribution in [3.8, 4) is 0 Å². The first-order valence-corrected chi connectivity index (χ1v) is 6.11. The predicted molar refractivity (Wildman–Crippen MR) is 68.3 cm³/mol. The lowest BCUT2D eigenvalue weighted by Gasteiger charge is -2.37. The fraction of sp³-hybridized carbons (Fsp3) is 0.538. The molecule has 0 spiro atoms. The van der Waals surface area contributed by atoms with Crippen LogP contribution in [0.4, 0.5) is 0 Å². The lowest BCUT2D eigenvalue weighted by molar-refractivity contribution is -0.137. The molecule has 1 aliphatic heterocycles. The van der Waals surface area contributed by atoms with Gasteiger partial charge >= 0.3 is 0 Å². The maximum absolute atomic E-state index is 12.4. The summed E-state index contributed by atoms with van der Waals surface area (Å²) in [6.45, 7) is 4.89. The fourth-order valence-corrected chi connectivity index (χ4v) is 2.28. The zero-order chi connectivity index (χ0) is 13.4. The highest BCUT2D eigenvalue weighted by Gasteiger charge is 2.33. The van der Waals surface area contributed by atoms with E-state index in [4.69, 9.17) is 0 Å². The minimum absolute atomic E-state index is 0.00295. The van der Waals surface area contributed by atoms with E-state index < -0.39 is 0 Å². The molecular formula is C13H19N3O2. The molecule has 2 rings (SSSR count). The van der Waals surface area contributed by atoms with E-state index in [0.717, 1.165) is 5.69 Å². The molecule has 0 N–H and O–H groups in total. The van der Waals surface area contributed by atoms with Gasteiger partial charge in [-0.05, 0) is 19.9 Å². The maximum atomic E-state index is 12.4. The Hall–Kier alpha value is -1.78. The number of rotatable bonds is 1. The van der Waals surface area contributed by atoms with Gasteiger partial charge in [-0.1, -0.05) is 0 Å². The van der Waals surface area contributed by atoms with E-state index in [9.17, 15) is 9.59 Å². The molecule has 1 atom stereocenters. The third-order valence-corrected chi connectivity index (χ3v) is 3.75. The quantitative estimate of drug-likeness (QED) is 0.733. The Labute approximate surface area is 107 Å². The highest BCUT2D eigenvalue weighted by molar-refractivity contribution is 5.98. The van der Waals surface area contributed by atoms with Crippen LogP contribution in [0.1, 0.15) is 23.0 Å². The van der Waals surface area contributed by atoms with Gasteiger partial charge in [0.1, 0.15) is 6.04 Å². The van der Waals surface area contributed by atoms with E-state index in [1.165, 1.54) is 0 Å². The summed E-state index contributed by atoms with van der Waals surface area (Å²) in [4.78, 5) is 27.7. The summed E-state index contributed by atoms with van der Waals surface area (Å²) in [5.74, 6) is -0.0507. The summed E-state index contributed by atoms with van der Waals surface area (Å²) in [6.07, 6.45) is 1.87. The molecule has 0 aromatic carbocycles. The average molecular weight is 249 g/mol. The van der Waals surface area contributed by atoms with Crippen LogP contribution in [0, 0.1) is 6.92 Å². The predicted octanol–water partition coefficient (Wildman–Crippen LogP) is 0.636. The second kappa shape index (κ2) is 4.48. The number of piperazine rings is 1. The summed E-state index contributed by atoms with van der Waals surface area (Å²) in [5, 5.41) is 0. The van der Waals surface area contributed by atoms with Gasteiger partial charge in [-0.25, -0.2) is 0 Å². The van der Waals surface area contributed by atoms with Crippen molar-refractivity contribution in [2.24, 2.45) is 7.05 Å². The van der Waals surface area contributed by atoms with Gasteiger partial charge in [-0.15, -0.1) is 0 Å². The zero-order valence-corrected chi connectivity index (χ0v) is 11.3. The van der Waals surface area contributed by atoms with Crippen LogP contribution in [0.3, 0.4) is 0 Å². The molecule has 98 valence electrons. The Morgan fingerprint density at radius 3 is 2.56 bits per heavy atom. The molecule has 1 aromatic rings. The van der Waals surface area contributed by atoms with Crippen LogP contribution < -0.4 is 0 Å². The molecule has 5 nitrogen and oxygen atoms in total. The molecule has 1 aromatic heterocycles. The summed E-state index contributed by atoms with van der Waals surface area (Å²) in [5.41, 5.74) is 1.61. The lowest BCUT2D eigenvalue weighted by atomic mass is 10.1. The molecule has 2 amide bonds. The van der Waals surface area contributed by atoms with Gasteiger partial charge in [-0.3, -0.25) is 9.59 Å². The van der Waals surface area contributed by atoms with Gasteiger partial charge in [-0.2, -0.15) is 0 Å². The second-order valence-corrected chi connectivity index (χ2v) is 4.86. The molecule has 1 aliphatic rings. The van der Waals surface area contributed by atoms with Gasteiger partial charge in [0.15, 0.2) is 0 Å². The lowest BCUT2D eigenvalue weighted by Crippen LogP contribution is -2.56. The first-order chi connectivity index (χ1) is 8.43. The van der Waals surface area contributed by atoms with Crippen LogP contribution in [0.15, 0.2) is 12.3 Å². The van der Waals surface area contributed by atoms with Gasteiger partial charge in [0, 0.05) is 39.1 Å². The second-order valence-electron chi connectivity index (χ2n) is 4.86. The fourth-order valence-electron chi connectivity index (χ4n) is 2.28. The van der Waals surface area contributed by atoms with E-state index >= 15 is 0 Å². The van der Waals surface area contributed by atoms with E-state index in [0.29, 0.717) is 18.7 Å². The summed E-state index contributed by atoms with van der Waals surface area (Å²) < 4.78 is 1.91.